The predicted molar refractivity (Wildman–Crippen MR) is 108 cm³/mol. The number of aromatic nitrogens is 4. The Labute approximate surface area is 177 Å². The Morgan fingerprint density at radius 1 is 1.09 bits per heavy atom. The van der Waals surface area contributed by atoms with E-state index >= 15 is 0 Å². The molecule has 2 aromatic carbocycles. The number of nitro groups is 1. The molecule has 0 radical (unpaired) electrons. The summed E-state index contributed by atoms with van der Waals surface area (Å²) in [5, 5.41) is 19.4. The van der Waals surface area contributed by atoms with Gasteiger partial charge in [0, 0.05) is 23.6 Å². The first kappa shape index (κ1) is 20.9. The van der Waals surface area contributed by atoms with Gasteiger partial charge in [-0.15, -0.1) is 0 Å². The summed E-state index contributed by atoms with van der Waals surface area (Å²) >= 11 is 0. The molecule has 2 aromatic heterocycles. The van der Waals surface area contributed by atoms with E-state index in [0.29, 0.717) is 0 Å². The van der Waals surface area contributed by atoms with Crippen molar-refractivity contribution in [3.05, 3.63) is 104 Å². The minimum absolute atomic E-state index is 0.0339. The molecule has 0 aliphatic rings. The molecule has 0 aliphatic carbocycles. The quantitative estimate of drug-likeness (QED) is 0.319. The van der Waals surface area contributed by atoms with Gasteiger partial charge in [0.1, 0.15) is 11.5 Å². The predicted octanol–water partition coefficient (Wildman–Crippen LogP) is 3.58. The number of nitrogen functional groups attached to an aromatic ring is 1. The number of H-pyrrole nitrogens is 2. The molecule has 0 bridgehead atoms. The van der Waals surface area contributed by atoms with E-state index in [9.17, 15) is 28.1 Å². The molecule has 1 unspecified atom stereocenters. The van der Waals surface area contributed by atoms with Crippen LogP contribution >= 0.6 is 0 Å². The van der Waals surface area contributed by atoms with Crippen molar-refractivity contribution in [1.82, 2.24) is 20.0 Å². The van der Waals surface area contributed by atoms with Crippen LogP contribution in [-0.2, 0) is 6.18 Å². The molecule has 32 heavy (non-hydrogen) atoms. The van der Waals surface area contributed by atoms with Crippen molar-refractivity contribution in [2.24, 2.45) is 0 Å². The Morgan fingerprint density at radius 2 is 1.75 bits per heavy atom. The number of halogens is 3. The van der Waals surface area contributed by atoms with Crippen LogP contribution < -0.4 is 11.3 Å². The van der Waals surface area contributed by atoms with Crippen molar-refractivity contribution in [3.8, 4) is 5.69 Å². The second-order valence-electron chi connectivity index (χ2n) is 6.90. The van der Waals surface area contributed by atoms with E-state index in [1.807, 2.05) is 0 Å². The van der Waals surface area contributed by atoms with Crippen molar-refractivity contribution in [2.45, 2.75) is 12.1 Å². The maximum atomic E-state index is 14.0. The van der Waals surface area contributed by atoms with E-state index in [1.165, 1.54) is 30.5 Å². The normalized spacial score (nSPS) is 12.6. The molecule has 164 valence electrons. The topological polar surface area (TPSA) is 136 Å². The zero-order valence-electron chi connectivity index (χ0n) is 16.1. The molecule has 0 aliphatic heterocycles. The van der Waals surface area contributed by atoms with Crippen LogP contribution in [0.3, 0.4) is 0 Å². The van der Waals surface area contributed by atoms with E-state index in [-0.39, 0.29) is 28.3 Å². The summed E-state index contributed by atoms with van der Waals surface area (Å²) in [7, 11) is 0. The van der Waals surface area contributed by atoms with Gasteiger partial charge >= 0.3 is 6.18 Å². The van der Waals surface area contributed by atoms with Crippen LogP contribution in [0, 0.1) is 10.1 Å². The van der Waals surface area contributed by atoms with E-state index in [0.717, 1.165) is 16.8 Å². The monoisotopic (exact) mass is 444 g/mol. The second kappa shape index (κ2) is 7.72. The number of nitrogens with one attached hydrogen (secondary N) is 2. The molecule has 0 spiro atoms. The standard InChI is InChI=1S/C20H15F3N6O3/c21-20(22,23)17-16(19(30)28(27-17)12-4-2-1-3-5-12)15(14-10-25-26-18(14)24)11-6-8-13(9-7-11)29(31)32/h1-10,15,27H,(H3,24,25,26). The third kappa shape index (κ3) is 3.62. The summed E-state index contributed by atoms with van der Waals surface area (Å²) in [6, 6.07) is 12.7. The first-order chi connectivity index (χ1) is 15.2. The lowest BCUT2D eigenvalue weighted by Crippen LogP contribution is -2.22. The minimum Gasteiger partial charge on any atom is -0.384 e. The summed E-state index contributed by atoms with van der Waals surface area (Å²) in [6.45, 7) is 0. The molecule has 0 amide bonds. The molecule has 0 saturated heterocycles. The number of nitro benzene ring substituents is 1. The molecule has 2 heterocycles. The molecule has 12 heteroatoms. The van der Waals surface area contributed by atoms with Gasteiger partial charge < -0.3 is 5.73 Å². The third-order valence-corrected chi connectivity index (χ3v) is 4.96. The van der Waals surface area contributed by atoms with Crippen LogP contribution in [-0.4, -0.2) is 24.9 Å². The molecule has 4 aromatic rings. The number of non-ortho nitro benzene ring substituents is 1. The van der Waals surface area contributed by atoms with Gasteiger partial charge in [0.05, 0.1) is 22.4 Å². The van der Waals surface area contributed by atoms with Crippen LogP contribution in [0.1, 0.15) is 28.3 Å². The maximum absolute atomic E-state index is 14.0. The summed E-state index contributed by atoms with van der Waals surface area (Å²) in [5.74, 6) is -1.33. The average Bonchev–Trinajstić information content (AvgIpc) is 3.33. The highest BCUT2D eigenvalue weighted by atomic mass is 19.4. The number of hydrogen-bond acceptors (Lipinski definition) is 5. The largest absolute Gasteiger partial charge is 0.433 e. The van der Waals surface area contributed by atoms with Gasteiger partial charge in [-0.05, 0) is 17.7 Å². The first-order valence-electron chi connectivity index (χ1n) is 9.19. The summed E-state index contributed by atoms with van der Waals surface area (Å²) in [5.41, 5.74) is 3.38. The van der Waals surface area contributed by atoms with Crippen LogP contribution in [0.15, 0.2) is 65.6 Å². The number of para-hydroxylation sites is 1. The summed E-state index contributed by atoms with van der Waals surface area (Å²) in [4.78, 5) is 23.6. The molecule has 4 rings (SSSR count). The molecule has 0 saturated carbocycles. The number of nitrogens with two attached hydrogens (primary N) is 1. The molecule has 9 nitrogen and oxygen atoms in total. The fraction of sp³-hybridized carbons (Fsp3) is 0.100. The lowest BCUT2D eigenvalue weighted by molar-refractivity contribution is -0.384. The van der Waals surface area contributed by atoms with E-state index < -0.39 is 33.8 Å². The van der Waals surface area contributed by atoms with Gasteiger partial charge in [0.25, 0.3) is 11.2 Å². The summed E-state index contributed by atoms with van der Waals surface area (Å²) in [6.07, 6.45) is -3.67. The van der Waals surface area contributed by atoms with E-state index in [1.54, 1.807) is 18.2 Å². The van der Waals surface area contributed by atoms with Crippen LogP contribution in [0.2, 0.25) is 0 Å². The van der Waals surface area contributed by atoms with Gasteiger partial charge in [0.2, 0.25) is 0 Å². The Hall–Kier alpha value is -4.35. The average molecular weight is 444 g/mol. The third-order valence-electron chi connectivity index (χ3n) is 4.96. The van der Waals surface area contributed by atoms with Crippen molar-refractivity contribution < 1.29 is 18.1 Å². The Morgan fingerprint density at radius 3 is 2.28 bits per heavy atom. The zero-order chi connectivity index (χ0) is 23.0. The van der Waals surface area contributed by atoms with Crippen molar-refractivity contribution >= 4 is 11.5 Å². The number of anilines is 1. The SMILES string of the molecule is Nc1[nH]ncc1C(c1ccc([N+](=O)[O-])cc1)c1c(C(F)(F)F)[nH]n(-c2ccccc2)c1=O. The number of nitrogens with zero attached hydrogens (tertiary/aromatic N) is 3. The maximum Gasteiger partial charge on any atom is 0.433 e. The fourth-order valence-electron chi connectivity index (χ4n) is 3.52. The Balaban J connectivity index is 2.01. The van der Waals surface area contributed by atoms with Gasteiger partial charge in [-0.3, -0.25) is 25.1 Å². The number of alkyl halides is 3. The zero-order valence-corrected chi connectivity index (χ0v) is 16.1. The van der Waals surface area contributed by atoms with Gasteiger partial charge in [-0.25, -0.2) is 4.68 Å². The van der Waals surface area contributed by atoms with Crippen molar-refractivity contribution in [3.63, 3.8) is 0 Å². The number of hydrogen-bond donors (Lipinski definition) is 3. The van der Waals surface area contributed by atoms with Gasteiger partial charge in [-0.1, -0.05) is 30.3 Å². The Kier molecular flexibility index (Phi) is 5.04. The van der Waals surface area contributed by atoms with E-state index in [2.05, 4.69) is 15.3 Å². The molecular formula is C20H15F3N6O3. The Bertz CT molecular complexity index is 1320. The van der Waals surface area contributed by atoms with Crippen LogP contribution in [0.25, 0.3) is 5.69 Å². The number of aromatic amines is 2. The lowest BCUT2D eigenvalue weighted by Gasteiger charge is -2.17. The van der Waals surface area contributed by atoms with Gasteiger partial charge in [-0.2, -0.15) is 18.3 Å². The highest BCUT2D eigenvalue weighted by Gasteiger charge is 2.42. The van der Waals surface area contributed by atoms with E-state index in [4.69, 9.17) is 5.73 Å². The molecule has 0 fully saturated rings. The minimum atomic E-state index is -4.90. The lowest BCUT2D eigenvalue weighted by atomic mass is 9.86. The smallest absolute Gasteiger partial charge is 0.384 e. The molecular weight excluding hydrogens is 429 g/mol. The fourth-order valence-corrected chi connectivity index (χ4v) is 3.52. The van der Waals surface area contributed by atoms with Crippen molar-refractivity contribution in [1.29, 1.82) is 0 Å². The number of benzene rings is 2. The van der Waals surface area contributed by atoms with Crippen LogP contribution in [0.5, 0.6) is 0 Å². The molecule has 1 atom stereocenters. The van der Waals surface area contributed by atoms with Gasteiger partial charge in [0.15, 0.2) is 0 Å². The summed E-state index contributed by atoms with van der Waals surface area (Å²) < 4.78 is 42.9. The van der Waals surface area contributed by atoms with Crippen LogP contribution in [0.4, 0.5) is 24.7 Å². The van der Waals surface area contributed by atoms with Crippen molar-refractivity contribution in [2.75, 3.05) is 5.73 Å². The first-order valence-corrected chi connectivity index (χ1v) is 9.19. The molecule has 4 N–H and O–H groups in total. The second-order valence-corrected chi connectivity index (χ2v) is 6.90. The highest BCUT2D eigenvalue weighted by Crippen LogP contribution is 2.40. The highest BCUT2D eigenvalue weighted by molar-refractivity contribution is 5.53. The number of rotatable bonds is 5.